The molecule has 2 rings (SSSR count). The van der Waals surface area contributed by atoms with Gasteiger partial charge < -0.3 is 5.32 Å². The highest BCUT2D eigenvalue weighted by Gasteiger charge is 2.31. The van der Waals surface area contributed by atoms with Gasteiger partial charge in [0.2, 0.25) is 0 Å². The van der Waals surface area contributed by atoms with Crippen molar-refractivity contribution in [2.75, 3.05) is 5.32 Å². The number of alkyl halides is 3. The smallest absolute Gasteiger partial charge is 0.319 e. The quantitative estimate of drug-likeness (QED) is 0.817. The van der Waals surface area contributed by atoms with E-state index in [1.54, 1.807) is 0 Å². The molecule has 3 nitrogen and oxygen atoms in total. The molecule has 8 heteroatoms. The molecule has 0 saturated heterocycles. The highest BCUT2D eigenvalue weighted by atomic mass is 79.9. The predicted molar refractivity (Wildman–Crippen MR) is 76.3 cm³/mol. The number of amides is 1. The highest BCUT2D eigenvalue weighted by Crippen LogP contribution is 2.32. The predicted octanol–water partition coefficient (Wildman–Crippen LogP) is 4.77. The first kappa shape index (κ1) is 15.8. The van der Waals surface area contributed by atoms with E-state index >= 15 is 0 Å². The van der Waals surface area contributed by atoms with Gasteiger partial charge in [-0.2, -0.15) is 13.2 Å². The van der Waals surface area contributed by atoms with Gasteiger partial charge in [0.1, 0.15) is 0 Å². The van der Waals surface area contributed by atoms with E-state index in [1.165, 1.54) is 24.5 Å². The maximum absolute atomic E-state index is 12.7. The number of hydrogen-bond acceptors (Lipinski definition) is 2. The summed E-state index contributed by atoms with van der Waals surface area (Å²) in [6.45, 7) is 0. The zero-order valence-electron chi connectivity index (χ0n) is 10.2. The molecule has 1 aromatic carbocycles. The maximum atomic E-state index is 12.7. The Morgan fingerprint density at radius 1 is 1.29 bits per heavy atom. The number of anilines is 1. The van der Waals surface area contributed by atoms with E-state index in [-0.39, 0.29) is 20.7 Å². The van der Waals surface area contributed by atoms with Gasteiger partial charge in [0, 0.05) is 10.7 Å². The summed E-state index contributed by atoms with van der Waals surface area (Å²) in [6, 6.07) is 4.28. The van der Waals surface area contributed by atoms with Crippen LogP contribution in [0.4, 0.5) is 18.9 Å². The van der Waals surface area contributed by atoms with Crippen molar-refractivity contribution in [2.24, 2.45) is 0 Å². The molecule has 1 amide bonds. The monoisotopic (exact) mass is 378 g/mol. The molecule has 1 aromatic heterocycles. The van der Waals surface area contributed by atoms with Crippen LogP contribution >= 0.6 is 27.5 Å². The largest absolute Gasteiger partial charge is 0.416 e. The molecule has 0 aliphatic carbocycles. The van der Waals surface area contributed by atoms with Crippen LogP contribution in [0, 0.1) is 0 Å². The van der Waals surface area contributed by atoms with Crippen LogP contribution in [0.2, 0.25) is 5.02 Å². The number of aromatic nitrogens is 1. The van der Waals surface area contributed by atoms with E-state index in [4.69, 9.17) is 11.6 Å². The molecule has 0 aliphatic heterocycles. The number of nitrogens with zero attached hydrogens (tertiary/aromatic N) is 1. The molecule has 0 atom stereocenters. The normalized spacial score (nSPS) is 11.3. The summed E-state index contributed by atoms with van der Waals surface area (Å²) in [5.74, 6) is -0.720. The van der Waals surface area contributed by atoms with Crippen LogP contribution in [0.3, 0.4) is 0 Å². The number of pyridine rings is 1. The molecule has 21 heavy (non-hydrogen) atoms. The topological polar surface area (TPSA) is 42.0 Å². The van der Waals surface area contributed by atoms with Gasteiger partial charge in [-0.1, -0.05) is 11.6 Å². The third-order valence-corrected chi connectivity index (χ3v) is 3.58. The van der Waals surface area contributed by atoms with E-state index in [0.29, 0.717) is 0 Å². The number of nitrogens with one attached hydrogen (secondary N) is 1. The number of benzene rings is 1. The van der Waals surface area contributed by atoms with E-state index in [9.17, 15) is 18.0 Å². The molecule has 0 aliphatic rings. The first-order valence-electron chi connectivity index (χ1n) is 5.56. The lowest BCUT2D eigenvalue weighted by Crippen LogP contribution is -2.15. The average Bonchev–Trinajstić information content (AvgIpc) is 2.40. The van der Waals surface area contributed by atoms with E-state index in [1.807, 2.05) is 0 Å². The lowest BCUT2D eigenvalue weighted by Gasteiger charge is -2.11. The third-order valence-electron chi connectivity index (χ3n) is 2.55. The van der Waals surface area contributed by atoms with E-state index in [2.05, 4.69) is 26.2 Å². The molecular formula is C13H7BrClF3N2O. The first-order valence-corrected chi connectivity index (χ1v) is 6.74. The van der Waals surface area contributed by atoms with E-state index in [0.717, 1.165) is 12.1 Å². The Morgan fingerprint density at radius 3 is 2.62 bits per heavy atom. The van der Waals surface area contributed by atoms with Crippen molar-refractivity contribution in [2.45, 2.75) is 6.18 Å². The average molecular weight is 380 g/mol. The fourth-order valence-electron chi connectivity index (χ4n) is 1.53. The van der Waals surface area contributed by atoms with Gasteiger partial charge in [-0.3, -0.25) is 9.78 Å². The number of rotatable bonds is 2. The Bertz CT molecular complexity index is 691. The van der Waals surface area contributed by atoms with Crippen molar-refractivity contribution in [1.29, 1.82) is 0 Å². The van der Waals surface area contributed by atoms with Crippen LogP contribution < -0.4 is 5.32 Å². The Balaban J connectivity index is 2.33. The minimum absolute atomic E-state index is 0.148. The van der Waals surface area contributed by atoms with Gasteiger partial charge in [0.25, 0.3) is 5.91 Å². The summed E-state index contributed by atoms with van der Waals surface area (Å²) >= 11 is 8.91. The Kier molecular flexibility index (Phi) is 4.53. The summed E-state index contributed by atoms with van der Waals surface area (Å²) < 4.78 is 38.3. The van der Waals surface area contributed by atoms with Gasteiger partial charge >= 0.3 is 6.18 Å². The molecule has 1 heterocycles. The second kappa shape index (κ2) is 6.03. The van der Waals surface area contributed by atoms with Crippen molar-refractivity contribution in [3.63, 3.8) is 0 Å². The molecule has 0 bridgehead atoms. The molecule has 0 spiro atoms. The molecule has 0 fully saturated rings. The molecule has 2 aromatic rings. The summed E-state index contributed by atoms with van der Waals surface area (Å²) in [7, 11) is 0. The maximum Gasteiger partial charge on any atom is 0.416 e. The Labute approximate surface area is 131 Å². The van der Waals surface area contributed by atoms with Gasteiger partial charge in [-0.15, -0.1) is 0 Å². The minimum atomic E-state index is -4.53. The van der Waals surface area contributed by atoms with Gasteiger partial charge in [-0.25, -0.2) is 0 Å². The first-order chi connectivity index (χ1) is 9.79. The van der Waals surface area contributed by atoms with Gasteiger partial charge in [0.05, 0.1) is 28.0 Å². The van der Waals surface area contributed by atoms with Crippen molar-refractivity contribution in [3.8, 4) is 0 Å². The van der Waals surface area contributed by atoms with Crippen LogP contribution in [0.25, 0.3) is 0 Å². The van der Waals surface area contributed by atoms with Crippen molar-refractivity contribution < 1.29 is 18.0 Å². The molecular weight excluding hydrogens is 373 g/mol. The van der Waals surface area contributed by atoms with Crippen LogP contribution in [0.15, 0.2) is 41.1 Å². The van der Waals surface area contributed by atoms with E-state index < -0.39 is 17.6 Å². The summed E-state index contributed by atoms with van der Waals surface area (Å²) in [4.78, 5) is 15.9. The summed E-state index contributed by atoms with van der Waals surface area (Å²) in [5.41, 5.74) is -0.841. The van der Waals surface area contributed by atoms with Crippen LogP contribution in [0.5, 0.6) is 0 Å². The second-order valence-corrected chi connectivity index (χ2v) is 5.26. The van der Waals surface area contributed by atoms with Crippen LogP contribution in [-0.2, 0) is 6.18 Å². The molecule has 0 unspecified atom stereocenters. The SMILES string of the molecule is O=C(Nc1cnccc1Cl)c1cc(C(F)(F)F)ccc1Br. The van der Waals surface area contributed by atoms with Crippen molar-refractivity contribution in [1.82, 2.24) is 4.98 Å². The van der Waals surface area contributed by atoms with Crippen molar-refractivity contribution in [3.05, 3.63) is 57.3 Å². The minimum Gasteiger partial charge on any atom is -0.319 e. The summed E-state index contributed by atoms with van der Waals surface area (Å²) in [6.07, 6.45) is -1.79. The fourth-order valence-corrected chi connectivity index (χ4v) is 2.11. The molecule has 0 saturated carbocycles. The fraction of sp³-hybridized carbons (Fsp3) is 0.0769. The van der Waals surface area contributed by atoms with Crippen LogP contribution in [-0.4, -0.2) is 10.9 Å². The second-order valence-electron chi connectivity index (χ2n) is 4.00. The molecule has 0 radical (unpaired) electrons. The third kappa shape index (κ3) is 3.74. The van der Waals surface area contributed by atoms with Crippen molar-refractivity contribution >= 4 is 39.1 Å². The lowest BCUT2D eigenvalue weighted by molar-refractivity contribution is -0.137. The standard InChI is InChI=1S/C13H7BrClF3N2O/c14-9-2-1-7(13(16,17)18)5-8(9)12(21)20-11-6-19-4-3-10(11)15/h1-6H,(H,20,21). The zero-order chi connectivity index (χ0) is 15.6. The highest BCUT2D eigenvalue weighted by molar-refractivity contribution is 9.10. The van der Waals surface area contributed by atoms with Gasteiger partial charge in [-0.05, 0) is 40.2 Å². The summed E-state index contributed by atoms with van der Waals surface area (Å²) in [5, 5.41) is 2.65. The molecule has 110 valence electrons. The molecule has 1 N–H and O–H groups in total. The lowest BCUT2D eigenvalue weighted by atomic mass is 10.1. The number of carbonyl (C=O) groups excluding carboxylic acids is 1. The Hall–Kier alpha value is -1.60. The van der Waals surface area contributed by atoms with Gasteiger partial charge in [0.15, 0.2) is 0 Å². The zero-order valence-corrected chi connectivity index (χ0v) is 12.6. The Morgan fingerprint density at radius 2 is 2.00 bits per heavy atom. The number of carbonyl (C=O) groups is 1. The number of halogens is 5. The van der Waals surface area contributed by atoms with Crippen LogP contribution in [0.1, 0.15) is 15.9 Å². The number of hydrogen-bond donors (Lipinski definition) is 1.